The smallest absolute Gasteiger partial charge is 0.401 e. The second kappa shape index (κ2) is 11.9. The van der Waals surface area contributed by atoms with Gasteiger partial charge in [-0.05, 0) is 61.9 Å². The molecule has 0 radical (unpaired) electrons. The number of fused-ring (bicyclic) bond motifs is 1. The van der Waals surface area contributed by atoms with Crippen LogP contribution in [0.5, 0.6) is 0 Å². The summed E-state index contributed by atoms with van der Waals surface area (Å²) in [6.07, 6.45) is 8.02. The van der Waals surface area contributed by atoms with Crippen LogP contribution >= 0.6 is 0 Å². The molecule has 5 unspecified atom stereocenters. The average molecular weight is 550 g/mol. The Balaban J connectivity index is 0.00000364. The number of carbonyl (C=O) groups is 1. The van der Waals surface area contributed by atoms with E-state index >= 15 is 0 Å². The number of amides is 1. The predicted octanol–water partition coefficient (Wildman–Crippen LogP) is 2.69. The molecule has 27 heavy (non-hydrogen) atoms. The first-order valence-corrected chi connectivity index (χ1v) is 9.90. The van der Waals surface area contributed by atoms with Gasteiger partial charge in [-0.1, -0.05) is 6.92 Å². The third kappa shape index (κ3) is 6.05. The Hall–Kier alpha value is -0.874. The summed E-state index contributed by atoms with van der Waals surface area (Å²) in [6.45, 7) is 9.54. The summed E-state index contributed by atoms with van der Waals surface area (Å²) in [6, 6.07) is 2.20. The van der Waals surface area contributed by atoms with Gasteiger partial charge in [0.1, 0.15) is 0 Å². The standard InChI is InChI=1S/C21H33N3O2.Os/c1-4-9-23-10-7-19(13-22)21(26)24-11-8-17-5-6-18(15(2)14-25)12-20(17)16(24)3;/h4,7,10,15-18,20,23,25H,5-6,8-9,11-12,14H2,1-3H3;/q-2;+2/b19-7+;. The topological polar surface area (TPSA) is 76.4 Å². The zero-order valence-corrected chi connectivity index (χ0v) is 19.2. The summed E-state index contributed by atoms with van der Waals surface area (Å²) in [5.74, 6) is 1.83. The van der Waals surface area contributed by atoms with Crippen molar-refractivity contribution in [3.63, 3.8) is 0 Å². The minimum Gasteiger partial charge on any atom is -0.401 e. The molecule has 2 rings (SSSR count). The van der Waals surface area contributed by atoms with Gasteiger partial charge < -0.3 is 21.7 Å². The Labute approximate surface area is 177 Å². The van der Waals surface area contributed by atoms with E-state index in [2.05, 4.69) is 25.2 Å². The van der Waals surface area contributed by atoms with Crippen molar-refractivity contribution in [1.82, 2.24) is 10.2 Å². The van der Waals surface area contributed by atoms with E-state index in [1.54, 1.807) is 12.6 Å². The minimum absolute atomic E-state index is 0. The van der Waals surface area contributed by atoms with E-state index in [9.17, 15) is 15.2 Å². The molecule has 0 aromatic heterocycles. The van der Waals surface area contributed by atoms with Crippen molar-refractivity contribution in [2.45, 2.75) is 52.5 Å². The molecule has 2 aliphatic rings. The Morgan fingerprint density at radius 1 is 1.44 bits per heavy atom. The van der Waals surface area contributed by atoms with Crippen LogP contribution in [0.4, 0.5) is 0 Å². The van der Waals surface area contributed by atoms with Gasteiger partial charge in [0.05, 0.1) is 0 Å². The second-order valence-electron chi connectivity index (χ2n) is 7.86. The van der Waals surface area contributed by atoms with Crippen LogP contribution in [0.2, 0.25) is 0 Å². The van der Waals surface area contributed by atoms with Gasteiger partial charge in [-0.15, -0.1) is 6.54 Å². The molecule has 5 atom stereocenters. The number of hydrogen-bond acceptors (Lipinski definition) is 4. The Bertz CT molecular complexity index is 546. The van der Waals surface area contributed by atoms with Crippen molar-refractivity contribution in [2.24, 2.45) is 23.7 Å². The molecular weight excluding hydrogens is 516 g/mol. The summed E-state index contributed by atoms with van der Waals surface area (Å²) in [5.41, 5.74) is 0.190. The SMILES string of the molecule is C[CH-]CN[CH-]/C=C(\C#N)C(=O)N1CCC2CCC(C(C)CO)CC2C1C.[Os+2]. The van der Waals surface area contributed by atoms with E-state index in [1.807, 2.05) is 18.2 Å². The maximum absolute atomic E-state index is 12.9. The number of nitrogens with one attached hydrogen (secondary N) is 1. The predicted molar refractivity (Wildman–Crippen MR) is 102 cm³/mol. The van der Waals surface area contributed by atoms with Crippen molar-refractivity contribution in [3.8, 4) is 6.07 Å². The molecule has 0 bridgehead atoms. The molecule has 1 aliphatic carbocycles. The van der Waals surface area contributed by atoms with Crippen molar-refractivity contribution in [1.29, 1.82) is 5.26 Å². The van der Waals surface area contributed by atoms with Crippen LogP contribution in [-0.2, 0) is 24.6 Å². The molecule has 6 heteroatoms. The molecule has 1 heterocycles. The fraction of sp³-hybridized carbons (Fsp3) is 0.714. The Kier molecular flexibility index (Phi) is 10.6. The molecule has 0 aromatic carbocycles. The van der Waals surface area contributed by atoms with Crippen LogP contribution < -0.4 is 5.32 Å². The van der Waals surface area contributed by atoms with E-state index in [0.717, 1.165) is 19.4 Å². The van der Waals surface area contributed by atoms with Crippen LogP contribution in [0.25, 0.3) is 0 Å². The van der Waals surface area contributed by atoms with E-state index in [1.165, 1.54) is 12.8 Å². The van der Waals surface area contributed by atoms with Gasteiger partial charge in [-0.3, -0.25) is 4.79 Å². The fourth-order valence-electron chi connectivity index (χ4n) is 4.58. The first kappa shape index (κ1) is 24.2. The Morgan fingerprint density at radius 3 is 2.81 bits per heavy atom. The molecule has 152 valence electrons. The molecule has 0 spiro atoms. The van der Waals surface area contributed by atoms with E-state index < -0.39 is 0 Å². The largest absolute Gasteiger partial charge is 2.00 e. The summed E-state index contributed by atoms with van der Waals surface area (Å²) < 4.78 is 0. The van der Waals surface area contributed by atoms with Crippen LogP contribution in [0.15, 0.2) is 11.6 Å². The first-order chi connectivity index (χ1) is 12.5. The quantitative estimate of drug-likeness (QED) is 0.222. The van der Waals surface area contributed by atoms with Crippen LogP contribution in [0, 0.1) is 48.0 Å². The van der Waals surface area contributed by atoms with Gasteiger partial charge in [-0.25, -0.2) is 5.26 Å². The van der Waals surface area contributed by atoms with Gasteiger partial charge in [0.15, 0.2) is 5.91 Å². The van der Waals surface area contributed by atoms with Crippen molar-refractivity contribution >= 4 is 5.91 Å². The number of piperidine rings is 1. The van der Waals surface area contributed by atoms with Crippen LogP contribution in [0.3, 0.4) is 0 Å². The first-order valence-electron chi connectivity index (χ1n) is 9.90. The number of nitriles is 1. The van der Waals surface area contributed by atoms with Crippen molar-refractivity contribution in [2.75, 3.05) is 19.7 Å². The molecule has 1 aliphatic heterocycles. The average Bonchev–Trinajstić information content (AvgIpc) is 2.67. The second-order valence-corrected chi connectivity index (χ2v) is 7.86. The van der Waals surface area contributed by atoms with E-state index in [4.69, 9.17) is 0 Å². The number of aliphatic hydroxyl groups is 1. The number of aliphatic hydroxyl groups excluding tert-OH is 1. The van der Waals surface area contributed by atoms with Gasteiger partial charge in [-0.2, -0.15) is 19.5 Å². The van der Waals surface area contributed by atoms with E-state index in [0.29, 0.717) is 30.2 Å². The summed E-state index contributed by atoms with van der Waals surface area (Å²) in [4.78, 5) is 14.8. The molecular formula is C21H33N3O2Os. The van der Waals surface area contributed by atoms with Gasteiger partial charge in [0.2, 0.25) is 0 Å². The third-order valence-electron chi connectivity index (χ3n) is 6.33. The minimum atomic E-state index is -0.158. The summed E-state index contributed by atoms with van der Waals surface area (Å²) in [7, 11) is 0. The molecule has 5 nitrogen and oxygen atoms in total. The monoisotopic (exact) mass is 551 g/mol. The molecule has 1 saturated carbocycles. The van der Waals surface area contributed by atoms with Crippen LogP contribution in [-0.4, -0.2) is 41.7 Å². The van der Waals surface area contributed by atoms with Gasteiger partial charge >= 0.3 is 19.8 Å². The summed E-state index contributed by atoms with van der Waals surface area (Å²) in [5, 5.41) is 21.9. The number of carbonyl (C=O) groups excluding carboxylic acids is 1. The van der Waals surface area contributed by atoms with Crippen molar-refractivity contribution < 1.29 is 29.7 Å². The molecule has 1 saturated heterocycles. The molecule has 2 fully saturated rings. The molecule has 0 aromatic rings. The van der Waals surface area contributed by atoms with E-state index in [-0.39, 0.29) is 43.9 Å². The zero-order chi connectivity index (χ0) is 19.1. The third-order valence-corrected chi connectivity index (χ3v) is 6.33. The van der Waals surface area contributed by atoms with Crippen molar-refractivity contribution in [3.05, 3.63) is 24.6 Å². The number of nitrogens with zero attached hydrogens (tertiary/aromatic N) is 2. The zero-order valence-electron chi connectivity index (χ0n) is 16.7. The normalized spacial score (nSPS) is 29.1. The number of rotatable bonds is 7. The molecule has 2 N–H and O–H groups in total. The maximum Gasteiger partial charge on any atom is 2.00 e. The number of likely N-dealkylation sites (tertiary alicyclic amines) is 1. The molecule has 1 amide bonds. The van der Waals surface area contributed by atoms with Gasteiger partial charge in [0, 0.05) is 25.3 Å². The fourth-order valence-corrected chi connectivity index (χ4v) is 4.58. The summed E-state index contributed by atoms with van der Waals surface area (Å²) >= 11 is 0. The maximum atomic E-state index is 12.9. The number of hydrogen-bond donors (Lipinski definition) is 2. The Morgan fingerprint density at radius 2 is 2.19 bits per heavy atom. The van der Waals surface area contributed by atoms with Gasteiger partial charge in [0.25, 0.3) is 0 Å². The van der Waals surface area contributed by atoms with Crippen LogP contribution in [0.1, 0.15) is 46.5 Å².